The van der Waals surface area contributed by atoms with Crippen molar-refractivity contribution in [3.05, 3.63) is 259 Å². The van der Waals surface area contributed by atoms with E-state index in [0.717, 1.165) is 143 Å². The van der Waals surface area contributed by atoms with Gasteiger partial charge >= 0.3 is 0 Å². The molecule has 18 N–H and O–H groups in total. The van der Waals surface area contributed by atoms with Gasteiger partial charge in [-0.05, 0) is 110 Å². The zero-order valence-electron chi connectivity index (χ0n) is 61.2. The quantitative estimate of drug-likeness (QED) is 0.0690. The Balaban J connectivity index is 0.000000132. The average molecular weight is 1550 g/mol. The molecule has 0 aromatic heterocycles. The van der Waals surface area contributed by atoms with Crippen LogP contribution < -0.4 is 99.0 Å². The molecule has 0 fully saturated rings. The Morgan fingerprint density at radius 3 is 1.25 bits per heavy atom. The fourth-order valence-corrected chi connectivity index (χ4v) is 13.2. The molecule has 588 valence electrons. The van der Waals surface area contributed by atoms with Crippen LogP contribution in [0.4, 0.5) is 30.7 Å². The Kier molecular flexibility index (Phi) is 30.0. The highest BCUT2D eigenvalue weighted by molar-refractivity contribution is 6.30. The summed E-state index contributed by atoms with van der Waals surface area (Å²) >= 11 is 5.83. The molecule has 9 heterocycles. The smallest absolute Gasteiger partial charge is 0.168 e. The number of para-hydroxylation sites is 1. The third kappa shape index (κ3) is 22.1. The molecule has 0 bridgehead atoms. The molecule has 110 heavy (non-hydrogen) atoms. The van der Waals surface area contributed by atoms with Gasteiger partial charge in [0.1, 0.15) is 75.1 Å². The van der Waals surface area contributed by atoms with Crippen LogP contribution in [-0.2, 0) is 0 Å². The normalized spacial score (nSPS) is 21.1. The number of hydrogen-bond acceptors (Lipinski definition) is 19. The van der Waals surface area contributed by atoms with E-state index in [0.29, 0.717) is 88.1 Å². The molecule has 9 atom stereocenters. The van der Waals surface area contributed by atoms with Crippen molar-refractivity contribution < 1.29 is 78.1 Å². The molecule has 27 heteroatoms. The molecule has 0 saturated carbocycles. The number of rotatable bonds is 1. The minimum atomic E-state index is -0.676. The van der Waals surface area contributed by atoms with E-state index in [2.05, 4.69) is 19.1 Å². The topological polar surface area (TPSA) is 326 Å². The summed E-state index contributed by atoms with van der Waals surface area (Å²) in [5, 5.41) is 0.717. The maximum Gasteiger partial charge on any atom is 0.168 e. The van der Waals surface area contributed by atoms with E-state index < -0.39 is 29.3 Å². The molecule has 18 rings (SSSR count). The van der Waals surface area contributed by atoms with E-state index in [4.69, 9.17) is 111 Å². The third-order valence-electron chi connectivity index (χ3n) is 19.1. The summed E-state index contributed by atoms with van der Waals surface area (Å²) in [6.07, 6.45) is 6.97. The molecule has 9 aliphatic heterocycles. The van der Waals surface area contributed by atoms with Crippen molar-refractivity contribution in [2.24, 2.45) is 51.6 Å². The highest BCUT2D eigenvalue weighted by Gasteiger charge is 2.28. The van der Waals surface area contributed by atoms with E-state index in [1.54, 1.807) is 31.4 Å². The van der Waals surface area contributed by atoms with Crippen molar-refractivity contribution in [2.45, 2.75) is 119 Å². The number of benzene rings is 9. The van der Waals surface area contributed by atoms with E-state index in [9.17, 15) is 30.7 Å². The minimum absolute atomic E-state index is 0.00523. The molecule has 0 radical (unpaired) electrons. The largest absolute Gasteiger partial charge is 0.497 e. The Morgan fingerprint density at radius 2 is 0.682 bits per heavy atom. The lowest BCUT2D eigenvalue weighted by molar-refractivity contribution is 0.250. The molecular weight excluding hydrogens is 1450 g/mol. The number of hydrogen-bond donors (Lipinski definition) is 9. The number of halogens is 8. The van der Waals surface area contributed by atoms with Crippen LogP contribution in [0.25, 0.3) is 0 Å². The molecule has 0 amide bonds. The third-order valence-corrected chi connectivity index (χ3v) is 19.3. The van der Waals surface area contributed by atoms with Gasteiger partial charge < -0.3 is 99.0 Å². The van der Waals surface area contributed by atoms with Crippen LogP contribution in [0.2, 0.25) is 5.02 Å². The Hall–Kier alpha value is -9.58. The van der Waals surface area contributed by atoms with E-state index in [1.165, 1.54) is 42.0 Å². The second-order valence-electron chi connectivity index (χ2n) is 27.0. The van der Waals surface area contributed by atoms with Crippen molar-refractivity contribution >= 4 is 11.6 Å². The number of fused-ring (bicyclic) bond motifs is 9. The Morgan fingerprint density at radius 1 is 0.291 bits per heavy atom. The van der Waals surface area contributed by atoms with Gasteiger partial charge in [-0.25, -0.2) is 30.7 Å². The monoisotopic (exact) mass is 1550 g/mol. The Labute approximate surface area is 640 Å². The molecule has 0 saturated heterocycles. The van der Waals surface area contributed by atoms with Gasteiger partial charge in [0.05, 0.1) is 66.6 Å². The van der Waals surface area contributed by atoms with E-state index in [1.807, 2.05) is 66.7 Å². The van der Waals surface area contributed by atoms with Crippen LogP contribution in [-0.4, -0.2) is 66.6 Å². The fourth-order valence-electron chi connectivity index (χ4n) is 13.0. The maximum atomic E-state index is 13.2. The van der Waals surface area contributed by atoms with Gasteiger partial charge in [0.2, 0.25) is 0 Å². The van der Waals surface area contributed by atoms with Crippen LogP contribution in [0.1, 0.15) is 168 Å². The van der Waals surface area contributed by atoms with E-state index in [-0.39, 0.29) is 82.8 Å². The Bertz CT molecular complexity index is 4390. The summed E-state index contributed by atoms with van der Waals surface area (Å²) in [5.41, 5.74) is 60.6. The van der Waals surface area contributed by atoms with Crippen molar-refractivity contribution in [3.8, 4) is 57.5 Å². The van der Waals surface area contributed by atoms with Gasteiger partial charge in [-0.3, -0.25) is 0 Å². The van der Waals surface area contributed by atoms with Gasteiger partial charge in [-0.1, -0.05) is 59.6 Å². The zero-order chi connectivity index (χ0) is 78.5. The summed E-state index contributed by atoms with van der Waals surface area (Å²) in [7, 11) is 1.65. The molecule has 9 unspecified atom stereocenters. The van der Waals surface area contributed by atoms with Crippen LogP contribution >= 0.6 is 11.6 Å². The first kappa shape index (κ1) is 82.9. The standard InChI is InChI=1S/C10H13NO2.C10H13NO.C9H10ClNO.2C9H9F2NO.3C9H10FNO.C9H11NO/c1-12-7-2-3-10-8(6-7)9(11)4-5-13-10;1-7-2-3-10-8(6-7)9(11)4-5-12-10;10-6-1-2-9-7(5-6)8(11)3-4-12-9;10-5-3-6-8(12)1-2-13-9(6)7(11)4-5;10-5-1-2-6(11)9-8(5)7(12)3-4-13-9;10-6-1-2-9-7(5-6)8(11)3-4-12-9;10-6-1-2-7-8(11)3-4-12-9(7)5-6;10-6-2-1-3-8-9(6)7(11)4-5-12-8;10-8-5-6-11-9-4-2-1-3-7(8)9/h2-3,6,9H,4-5,11H2,1H3;2-3,6,9H,4-5,11H2,1H3;1-2,5,8H,3-4,11H2;3-4,8H,1-2,12H2;1-2,7H,3-4,12H2;2*1-2,5,8H,3-4,11H2;1-3,7H,4-5,11H2;1-4,8H,5-6,10H2. The maximum absolute atomic E-state index is 13.2. The lowest BCUT2D eigenvalue weighted by Crippen LogP contribution is -2.22. The molecule has 19 nitrogen and oxygen atoms in total. The van der Waals surface area contributed by atoms with Crippen LogP contribution in [0.3, 0.4) is 0 Å². The summed E-state index contributed by atoms with van der Waals surface area (Å²) in [5.74, 6) is 3.34. The molecule has 9 aromatic rings. The lowest BCUT2D eigenvalue weighted by Gasteiger charge is -2.23. The average Bonchev–Trinajstić information content (AvgIpc) is 0.789. The predicted molar refractivity (Wildman–Crippen MR) is 407 cm³/mol. The van der Waals surface area contributed by atoms with E-state index >= 15 is 0 Å². The van der Waals surface area contributed by atoms with Crippen LogP contribution in [0.5, 0.6) is 57.5 Å². The van der Waals surface area contributed by atoms with Crippen molar-refractivity contribution in [3.63, 3.8) is 0 Å². The predicted octanol–water partition coefficient (Wildman–Crippen LogP) is 15.2. The molecule has 0 aliphatic carbocycles. The van der Waals surface area contributed by atoms with Gasteiger partial charge in [-0.15, -0.1) is 0 Å². The second kappa shape index (κ2) is 39.9. The summed E-state index contributed by atoms with van der Waals surface area (Å²) in [6, 6.07) is 42.7. The first-order valence-corrected chi connectivity index (χ1v) is 36.8. The van der Waals surface area contributed by atoms with Gasteiger partial charge in [0.25, 0.3) is 0 Å². The van der Waals surface area contributed by atoms with Gasteiger partial charge in [0.15, 0.2) is 23.1 Å². The second-order valence-corrected chi connectivity index (χ2v) is 27.4. The highest BCUT2D eigenvalue weighted by atomic mass is 35.5. The first-order valence-electron chi connectivity index (χ1n) is 36.4. The van der Waals surface area contributed by atoms with Crippen LogP contribution in [0, 0.1) is 47.6 Å². The summed E-state index contributed by atoms with van der Waals surface area (Å²) in [4.78, 5) is 0. The number of methoxy groups -OCH3 is 1. The minimum Gasteiger partial charge on any atom is -0.497 e. The van der Waals surface area contributed by atoms with Crippen LogP contribution in [0.15, 0.2) is 158 Å². The lowest BCUT2D eigenvalue weighted by atomic mass is 10.00. The molecule has 9 aliphatic rings. The highest BCUT2D eigenvalue weighted by Crippen LogP contribution is 2.40. The molecule has 0 spiro atoms. The zero-order valence-corrected chi connectivity index (χ0v) is 62.0. The summed E-state index contributed by atoms with van der Waals surface area (Å²) < 4.78 is 143. The number of ether oxygens (including phenoxy) is 10. The van der Waals surface area contributed by atoms with Gasteiger partial charge in [0, 0.05) is 179 Å². The summed E-state index contributed by atoms with van der Waals surface area (Å²) in [6.45, 7) is 7.49. The fraction of sp³-hybridized carbons (Fsp3) is 0.349. The molecular formula is C83H95ClF7N9O10. The van der Waals surface area contributed by atoms with Crippen molar-refractivity contribution in [1.29, 1.82) is 0 Å². The number of aryl methyl sites for hydroxylation is 1. The SMILES string of the molecule is COc1ccc2c(c1)C(N)CCO2.Cc1ccc2c(c1)C(N)CCO2.NC1CCOc2c(F)cc(F)cc21.NC1CCOc2c(F)ccc(F)c21.NC1CCOc2cc(F)ccc21.NC1CCOc2ccc(Cl)cc21.NC1CCOc2ccc(F)cc21.NC1CCOc2cccc(F)c21.NC1CCOc2ccccc21. The number of nitrogens with two attached hydrogens (primary N) is 9. The van der Waals surface area contributed by atoms with Gasteiger partial charge in [-0.2, -0.15) is 0 Å². The van der Waals surface area contributed by atoms with Crippen molar-refractivity contribution in [1.82, 2.24) is 0 Å². The molecule has 9 aromatic carbocycles. The van der Waals surface area contributed by atoms with Crippen molar-refractivity contribution in [2.75, 3.05) is 66.6 Å². The first-order chi connectivity index (χ1) is 52.9.